The summed E-state index contributed by atoms with van der Waals surface area (Å²) < 4.78 is 0. The van der Waals surface area contributed by atoms with Crippen LogP contribution in [0.5, 0.6) is 0 Å². The van der Waals surface area contributed by atoms with Gasteiger partial charge in [-0.25, -0.2) is 0 Å². The lowest BCUT2D eigenvalue weighted by Gasteiger charge is -2.40. The van der Waals surface area contributed by atoms with E-state index < -0.39 is 0 Å². The summed E-state index contributed by atoms with van der Waals surface area (Å²) in [5.74, 6) is 0. The zero-order valence-corrected chi connectivity index (χ0v) is 10.3. The molecular weight excluding hydrogens is 188 g/mol. The van der Waals surface area contributed by atoms with Crippen molar-refractivity contribution < 1.29 is 5.11 Å². The van der Waals surface area contributed by atoms with Crippen molar-refractivity contribution in [3.63, 3.8) is 0 Å². The van der Waals surface area contributed by atoms with E-state index in [0.717, 1.165) is 19.6 Å². The van der Waals surface area contributed by atoms with Gasteiger partial charge in [0.2, 0.25) is 0 Å². The maximum Gasteiger partial charge on any atom is 0.0558 e. The van der Waals surface area contributed by atoms with E-state index >= 15 is 0 Å². The van der Waals surface area contributed by atoms with E-state index in [1.807, 2.05) is 7.05 Å². The summed E-state index contributed by atoms with van der Waals surface area (Å²) in [7, 11) is 4.16. The van der Waals surface area contributed by atoms with Crippen LogP contribution in [0.15, 0.2) is 0 Å². The average molecular weight is 214 g/mol. The summed E-state index contributed by atoms with van der Waals surface area (Å²) >= 11 is 0. The summed E-state index contributed by atoms with van der Waals surface area (Å²) in [4.78, 5) is 2.27. The molecule has 0 unspecified atom stereocenters. The van der Waals surface area contributed by atoms with Crippen molar-refractivity contribution in [3.8, 4) is 0 Å². The normalized spacial score (nSPS) is 20.8. The van der Waals surface area contributed by atoms with Crippen molar-refractivity contribution in [3.05, 3.63) is 0 Å². The van der Waals surface area contributed by atoms with Gasteiger partial charge in [0.1, 0.15) is 0 Å². The summed E-state index contributed by atoms with van der Waals surface area (Å²) in [6.07, 6.45) is 6.81. The smallest absolute Gasteiger partial charge is 0.0558 e. The fourth-order valence-corrected chi connectivity index (χ4v) is 2.89. The molecule has 1 fully saturated rings. The molecule has 2 N–H and O–H groups in total. The first-order valence-electron chi connectivity index (χ1n) is 6.16. The van der Waals surface area contributed by atoms with Crippen LogP contribution in [0.25, 0.3) is 0 Å². The molecule has 0 aromatic carbocycles. The number of rotatable bonds is 6. The minimum atomic E-state index is 0.270. The Balaban J connectivity index is 2.47. The molecule has 0 radical (unpaired) electrons. The van der Waals surface area contributed by atoms with E-state index in [0.29, 0.717) is 5.41 Å². The molecule has 1 aliphatic carbocycles. The van der Waals surface area contributed by atoms with Crippen molar-refractivity contribution in [2.75, 3.05) is 40.3 Å². The highest BCUT2D eigenvalue weighted by Crippen LogP contribution is 2.36. The molecule has 0 heterocycles. The molecule has 0 atom stereocenters. The van der Waals surface area contributed by atoms with Gasteiger partial charge in [-0.2, -0.15) is 0 Å². The summed E-state index contributed by atoms with van der Waals surface area (Å²) in [5.41, 5.74) is 0.455. The van der Waals surface area contributed by atoms with Gasteiger partial charge in [-0.15, -0.1) is 0 Å². The van der Waals surface area contributed by atoms with E-state index in [1.54, 1.807) is 0 Å². The number of aliphatic hydroxyl groups is 1. The predicted octanol–water partition coefficient (Wildman–Crippen LogP) is 1.08. The van der Waals surface area contributed by atoms with E-state index in [4.69, 9.17) is 5.11 Å². The lowest BCUT2D eigenvalue weighted by Crippen LogP contribution is -2.44. The second-order valence-corrected chi connectivity index (χ2v) is 5.05. The molecule has 90 valence electrons. The van der Waals surface area contributed by atoms with E-state index in [2.05, 4.69) is 17.3 Å². The van der Waals surface area contributed by atoms with Crippen LogP contribution in [-0.4, -0.2) is 50.3 Å². The first kappa shape index (κ1) is 12.9. The molecule has 0 amide bonds. The Kier molecular flexibility index (Phi) is 5.58. The molecule has 0 aromatic heterocycles. The Hall–Kier alpha value is -0.120. The molecule has 1 saturated carbocycles. The maximum atomic E-state index is 8.92. The van der Waals surface area contributed by atoms with Crippen molar-refractivity contribution in [1.29, 1.82) is 0 Å². The van der Waals surface area contributed by atoms with Crippen molar-refractivity contribution >= 4 is 0 Å². The maximum absolute atomic E-state index is 8.92. The third-order valence-corrected chi connectivity index (χ3v) is 3.55. The van der Waals surface area contributed by atoms with Crippen LogP contribution < -0.4 is 5.32 Å². The molecule has 15 heavy (non-hydrogen) atoms. The van der Waals surface area contributed by atoms with Gasteiger partial charge in [0, 0.05) is 19.6 Å². The van der Waals surface area contributed by atoms with Crippen LogP contribution in [0.4, 0.5) is 0 Å². The Labute approximate surface area is 93.9 Å². The van der Waals surface area contributed by atoms with Gasteiger partial charge >= 0.3 is 0 Å². The van der Waals surface area contributed by atoms with Crippen LogP contribution in [0, 0.1) is 5.41 Å². The largest absolute Gasteiger partial charge is 0.395 e. The highest BCUT2D eigenvalue weighted by Gasteiger charge is 2.32. The zero-order valence-electron chi connectivity index (χ0n) is 10.3. The molecule has 1 rings (SSSR count). The van der Waals surface area contributed by atoms with Gasteiger partial charge in [-0.1, -0.05) is 19.3 Å². The van der Waals surface area contributed by atoms with Gasteiger partial charge in [-0.05, 0) is 32.4 Å². The first-order chi connectivity index (χ1) is 7.22. The summed E-state index contributed by atoms with van der Waals surface area (Å²) in [6, 6.07) is 0. The van der Waals surface area contributed by atoms with Gasteiger partial charge in [-0.3, -0.25) is 0 Å². The Morgan fingerprint density at radius 1 is 1.27 bits per heavy atom. The Morgan fingerprint density at radius 2 is 1.93 bits per heavy atom. The first-order valence-corrected chi connectivity index (χ1v) is 6.16. The molecular formula is C12H26N2O. The molecule has 0 aromatic rings. The molecule has 0 spiro atoms. The van der Waals surface area contributed by atoms with E-state index in [9.17, 15) is 0 Å². The quantitative estimate of drug-likeness (QED) is 0.694. The Morgan fingerprint density at radius 3 is 2.47 bits per heavy atom. The minimum absolute atomic E-state index is 0.270. The van der Waals surface area contributed by atoms with Gasteiger partial charge in [0.05, 0.1) is 6.61 Å². The number of hydrogen-bond donors (Lipinski definition) is 2. The SMILES string of the molecule is CNCC1(CN(C)CCO)CCCCC1. The molecule has 0 saturated heterocycles. The third kappa shape index (κ3) is 4.09. The fraction of sp³-hybridized carbons (Fsp3) is 1.00. The average Bonchev–Trinajstić information content (AvgIpc) is 2.19. The van der Waals surface area contributed by atoms with Gasteiger partial charge in [0.25, 0.3) is 0 Å². The second kappa shape index (κ2) is 6.46. The number of nitrogens with zero attached hydrogens (tertiary/aromatic N) is 1. The molecule has 1 aliphatic rings. The van der Waals surface area contributed by atoms with Crippen LogP contribution in [-0.2, 0) is 0 Å². The highest BCUT2D eigenvalue weighted by atomic mass is 16.3. The Bertz CT molecular complexity index is 161. The lowest BCUT2D eigenvalue weighted by molar-refractivity contribution is 0.107. The summed E-state index contributed by atoms with van der Waals surface area (Å²) in [6.45, 7) is 3.30. The van der Waals surface area contributed by atoms with Gasteiger partial charge < -0.3 is 15.3 Å². The van der Waals surface area contributed by atoms with Crippen LogP contribution in [0.2, 0.25) is 0 Å². The van der Waals surface area contributed by atoms with Crippen LogP contribution in [0.1, 0.15) is 32.1 Å². The monoisotopic (exact) mass is 214 g/mol. The second-order valence-electron chi connectivity index (χ2n) is 5.05. The molecule has 3 nitrogen and oxygen atoms in total. The van der Waals surface area contributed by atoms with Crippen LogP contribution in [0.3, 0.4) is 0 Å². The van der Waals surface area contributed by atoms with Crippen LogP contribution >= 0.6 is 0 Å². The predicted molar refractivity (Wildman–Crippen MR) is 64.0 cm³/mol. The zero-order chi connectivity index (χ0) is 11.1. The number of nitrogens with one attached hydrogen (secondary N) is 1. The standard InChI is InChI=1S/C12H26N2O/c1-13-10-12(6-4-3-5-7-12)11-14(2)8-9-15/h13,15H,3-11H2,1-2H3. The van der Waals surface area contributed by atoms with Crippen molar-refractivity contribution in [2.24, 2.45) is 5.41 Å². The van der Waals surface area contributed by atoms with E-state index in [-0.39, 0.29) is 6.61 Å². The minimum Gasteiger partial charge on any atom is -0.395 e. The number of hydrogen-bond acceptors (Lipinski definition) is 3. The number of likely N-dealkylation sites (N-methyl/N-ethyl adjacent to an activating group) is 1. The van der Waals surface area contributed by atoms with E-state index in [1.165, 1.54) is 32.1 Å². The lowest BCUT2D eigenvalue weighted by atomic mass is 9.73. The molecule has 0 aliphatic heterocycles. The molecule has 3 heteroatoms. The molecule has 0 bridgehead atoms. The van der Waals surface area contributed by atoms with Gasteiger partial charge in [0.15, 0.2) is 0 Å². The summed E-state index contributed by atoms with van der Waals surface area (Å²) in [5, 5.41) is 12.3. The number of aliphatic hydroxyl groups excluding tert-OH is 1. The fourth-order valence-electron chi connectivity index (χ4n) is 2.89. The topological polar surface area (TPSA) is 35.5 Å². The third-order valence-electron chi connectivity index (χ3n) is 3.55. The highest BCUT2D eigenvalue weighted by molar-refractivity contribution is 4.86. The van der Waals surface area contributed by atoms with Crippen molar-refractivity contribution in [2.45, 2.75) is 32.1 Å². The van der Waals surface area contributed by atoms with Crippen molar-refractivity contribution in [1.82, 2.24) is 10.2 Å².